The Morgan fingerprint density at radius 3 is 0.737 bits per heavy atom. The Morgan fingerprint density at radius 2 is 0.737 bits per heavy atom. The van der Waals surface area contributed by atoms with Crippen LogP contribution in [-0.4, -0.2) is 50.4 Å². The van der Waals surface area contributed by atoms with Crippen LogP contribution in [0.5, 0.6) is 0 Å². The minimum absolute atomic E-state index is 0.250. The monoisotopic (exact) mass is 300 g/mol. The summed E-state index contributed by atoms with van der Waals surface area (Å²) in [6.07, 6.45) is -8.58. The minimum Gasteiger partial charge on any atom is -0.456 e. The van der Waals surface area contributed by atoms with Gasteiger partial charge < -0.3 is 25.5 Å². The highest BCUT2D eigenvalue weighted by atomic mass is 19.2. The van der Waals surface area contributed by atoms with Crippen molar-refractivity contribution in [3.05, 3.63) is 12.9 Å². The lowest BCUT2D eigenvalue weighted by Gasteiger charge is -1.60. The third-order valence-corrected chi connectivity index (χ3v) is 0. The van der Waals surface area contributed by atoms with E-state index in [9.17, 15) is 17.6 Å². The summed E-state index contributed by atoms with van der Waals surface area (Å²) in [7, 11) is 0. The van der Waals surface area contributed by atoms with Crippen molar-refractivity contribution in [2.75, 3.05) is 0 Å². The molecule has 19 heavy (non-hydrogen) atoms. The molecule has 0 fully saturated rings. The standard InChI is InChI=1S/C2H3F.3CHFO2.CH2O3/c1-2-3;4*2-1(3)4/h2H,1H2;3*(H,3,4);(H2,2,3,4). The molecule has 0 spiro atoms. The summed E-state index contributed by atoms with van der Waals surface area (Å²) in [4.78, 5) is 33.6. The SMILES string of the molecule is C=CF.O=C(O)F.O=C(O)F.O=C(O)F.O=C(O)O. The fourth-order valence-corrected chi connectivity index (χ4v) is 0. The average Bonchev–Trinajstić information content (AvgIpc) is 1.97. The van der Waals surface area contributed by atoms with Crippen LogP contribution < -0.4 is 0 Å². The second-order valence-corrected chi connectivity index (χ2v) is 1.20. The second kappa shape index (κ2) is 29.4. The van der Waals surface area contributed by atoms with E-state index in [1.807, 2.05) is 0 Å². The van der Waals surface area contributed by atoms with Crippen LogP contribution in [0, 0.1) is 0 Å². The number of hydrogen-bond acceptors (Lipinski definition) is 4. The van der Waals surface area contributed by atoms with Gasteiger partial charge in [0.25, 0.3) is 0 Å². The summed E-state index contributed by atoms with van der Waals surface area (Å²) in [5, 5.41) is 34.2. The number of halogens is 4. The summed E-state index contributed by atoms with van der Waals surface area (Å²) in [5.74, 6) is 0. The van der Waals surface area contributed by atoms with Crippen LogP contribution in [0.3, 0.4) is 0 Å². The van der Waals surface area contributed by atoms with Gasteiger partial charge in [0.1, 0.15) is 0 Å². The second-order valence-electron chi connectivity index (χ2n) is 1.20. The average molecular weight is 300 g/mol. The first-order valence-electron chi connectivity index (χ1n) is 3.13. The van der Waals surface area contributed by atoms with Gasteiger partial charge in [0, 0.05) is 0 Å². The first-order valence-corrected chi connectivity index (χ1v) is 3.13. The van der Waals surface area contributed by atoms with Crippen LogP contribution in [0.25, 0.3) is 0 Å². The molecule has 0 aromatic rings. The highest BCUT2D eigenvalue weighted by Crippen LogP contribution is 1.59. The van der Waals surface area contributed by atoms with Gasteiger partial charge in [0.05, 0.1) is 6.33 Å². The molecule has 0 aromatic heterocycles. The van der Waals surface area contributed by atoms with E-state index in [1.54, 1.807) is 0 Å². The normalized spacial score (nSPS) is 5.89. The maximum Gasteiger partial charge on any atom is 0.503 e. The van der Waals surface area contributed by atoms with Crippen LogP contribution >= 0.6 is 0 Å². The lowest BCUT2D eigenvalue weighted by Crippen LogP contribution is -1.81. The maximum atomic E-state index is 10.1. The van der Waals surface area contributed by atoms with Crippen LogP contribution in [0.15, 0.2) is 12.9 Å². The van der Waals surface area contributed by atoms with Crippen LogP contribution in [-0.2, 0) is 0 Å². The highest BCUT2D eigenvalue weighted by Gasteiger charge is 1.75. The highest BCUT2D eigenvalue weighted by molar-refractivity contribution is 5.55. The molecular weight excluding hydrogens is 292 g/mol. The smallest absolute Gasteiger partial charge is 0.456 e. The molecule has 9 nitrogen and oxygen atoms in total. The van der Waals surface area contributed by atoms with Gasteiger partial charge in [0.2, 0.25) is 0 Å². The molecule has 13 heteroatoms. The lowest BCUT2D eigenvalue weighted by atomic mass is 11.2. The number of hydrogen-bond donors (Lipinski definition) is 5. The summed E-state index contributed by atoms with van der Waals surface area (Å²) >= 11 is 0. The van der Waals surface area contributed by atoms with E-state index >= 15 is 0 Å². The van der Waals surface area contributed by atoms with E-state index in [0.29, 0.717) is 0 Å². The summed E-state index contributed by atoms with van der Waals surface area (Å²) in [6, 6.07) is 0. The third-order valence-electron chi connectivity index (χ3n) is 0. The van der Waals surface area contributed by atoms with Crippen molar-refractivity contribution in [2.24, 2.45) is 0 Å². The van der Waals surface area contributed by atoms with Gasteiger partial charge in [-0.2, -0.15) is 0 Å². The molecule has 0 atom stereocenters. The molecule has 0 aromatic carbocycles. The first-order chi connectivity index (χ1) is 8.34. The molecular formula is C6H8F4O9. The quantitative estimate of drug-likeness (QED) is 0.332. The zero-order valence-electron chi connectivity index (χ0n) is 8.67. The first kappa shape index (κ1) is 29.8. The molecule has 0 radical (unpaired) electrons. The number of rotatable bonds is 0. The molecule has 5 N–H and O–H groups in total. The van der Waals surface area contributed by atoms with Crippen LogP contribution in [0.1, 0.15) is 0 Å². The Balaban J connectivity index is -0.0000000432. The number of carboxylic acid groups (broad SMARTS) is 5. The van der Waals surface area contributed by atoms with Crippen LogP contribution in [0.2, 0.25) is 0 Å². The predicted molar refractivity (Wildman–Crippen MR) is 49.4 cm³/mol. The summed E-state index contributed by atoms with van der Waals surface area (Å²) in [5.41, 5.74) is 0. The Hall–Kier alpha value is -2.86. The zero-order valence-corrected chi connectivity index (χ0v) is 8.67. The molecule has 114 valence electrons. The minimum atomic E-state index is -2.33. The van der Waals surface area contributed by atoms with Crippen molar-refractivity contribution in [1.82, 2.24) is 0 Å². The van der Waals surface area contributed by atoms with Gasteiger partial charge in [0.15, 0.2) is 0 Å². The van der Waals surface area contributed by atoms with Gasteiger partial charge in [-0.3, -0.25) is 0 Å². The van der Waals surface area contributed by atoms with Crippen LogP contribution in [0.4, 0.5) is 36.7 Å². The summed E-state index contributed by atoms with van der Waals surface area (Å²) < 4.78 is 39.8. The largest absolute Gasteiger partial charge is 0.503 e. The predicted octanol–water partition coefficient (Wildman–Crippen LogP) is 3.22. The van der Waals surface area contributed by atoms with Crippen molar-refractivity contribution in [2.45, 2.75) is 0 Å². The zero-order chi connectivity index (χ0) is 17.0. The fourth-order valence-electron chi connectivity index (χ4n) is 0. The Labute approximate surface area is 101 Å². The van der Waals surface area contributed by atoms with E-state index < -0.39 is 24.8 Å². The fraction of sp³-hybridized carbons (Fsp3) is 0. The van der Waals surface area contributed by atoms with E-state index in [1.165, 1.54) is 0 Å². The maximum absolute atomic E-state index is 10.1. The molecule has 0 bridgehead atoms. The molecule has 0 heterocycles. The van der Waals surface area contributed by atoms with Crippen molar-refractivity contribution < 1.29 is 62.3 Å². The van der Waals surface area contributed by atoms with Crippen molar-refractivity contribution in [3.63, 3.8) is 0 Å². The van der Waals surface area contributed by atoms with Gasteiger partial charge in [-0.05, 0) is 0 Å². The summed E-state index contributed by atoms with van der Waals surface area (Å²) in [6.45, 7) is 2.69. The van der Waals surface area contributed by atoms with E-state index in [-0.39, 0.29) is 6.33 Å². The van der Waals surface area contributed by atoms with E-state index in [4.69, 9.17) is 44.7 Å². The van der Waals surface area contributed by atoms with Crippen molar-refractivity contribution in [1.29, 1.82) is 0 Å². The van der Waals surface area contributed by atoms with Gasteiger partial charge in [-0.25, -0.2) is 23.6 Å². The molecule has 0 saturated carbocycles. The van der Waals surface area contributed by atoms with E-state index in [0.717, 1.165) is 0 Å². The van der Waals surface area contributed by atoms with Gasteiger partial charge >= 0.3 is 24.8 Å². The molecule has 0 unspecified atom stereocenters. The molecule has 0 aliphatic heterocycles. The lowest BCUT2D eigenvalue weighted by molar-refractivity contribution is 0.136. The van der Waals surface area contributed by atoms with E-state index in [2.05, 4.69) is 6.58 Å². The van der Waals surface area contributed by atoms with Crippen molar-refractivity contribution in [3.8, 4) is 0 Å². The molecule has 0 saturated heterocycles. The Kier molecular flexibility index (Phi) is 46.2. The Bertz CT molecular complexity index is 203. The Morgan fingerprint density at radius 1 is 0.737 bits per heavy atom. The van der Waals surface area contributed by atoms with Crippen molar-refractivity contribution >= 4 is 24.8 Å². The number of carbonyl (C=O) groups is 4. The molecule has 0 rings (SSSR count). The van der Waals surface area contributed by atoms with Gasteiger partial charge in [-0.1, -0.05) is 6.58 Å². The van der Waals surface area contributed by atoms with Gasteiger partial charge in [-0.15, -0.1) is 13.2 Å². The molecule has 0 aliphatic rings. The molecule has 0 amide bonds. The third kappa shape index (κ3) is 320. The topological polar surface area (TPSA) is 169 Å². The molecule has 0 aliphatic carbocycles.